The van der Waals surface area contributed by atoms with Crippen LogP contribution in [0.2, 0.25) is 0 Å². The van der Waals surface area contributed by atoms with E-state index in [1.54, 1.807) is 12.3 Å². The van der Waals surface area contributed by atoms with Crippen LogP contribution in [0.5, 0.6) is 0 Å². The molecular weight excluding hydrogens is 405 g/mol. The minimum atomic E-state index is -0.818. The summed E-state index contributed by atoms with van der Waals surface area (Å²) in [5.41, 5.74) is 4.04. The number of aliphatic carboxylic acids is 1. The number of hydrogen-bond acceptors (Lipinski definition) is 4. The van der Waals surface area contributed by atoms with Crippen molar-refractivity contribution >= 4 is 22.7 Å². The second-order valence-electron chi connectivity index (χ2n) is 8.69. The van der Waals surface area contributed by atoms with Gasteiger partial charge in [-0.2, -0.15) is 0 Å². The Labute approximate surface area is 188 Å². The van der Waals surface area contributed by atoms with Gasteiger partial charge in [0.2, 0.25) is 0 Å². The lowest BCUT2D eigenvalue weighted by atomic mass is 9.90. The van der Waals surface area contributed by atoms with Crippen molar-refractivity contribution in [1.29, 1.82) is 0 Å². The summed E-state index contributed by atoms with van der Waals surface area (Å²) >= 11 is 0. The van der Waals surface area contributed by atoms with Crippen LogP contribution in [-0.2, 0) is 17.6 Å². The molecule has 0 unspecified atom stereocenters. The van der Waals surface area contributed by atoms with Crippen LogP contribution in [0.15, 0.2) is 42.6 Å². The highest BCUT2D eigenvalue weighted by atomic mass is 19.1. The Morgan fingerprint density at radius 3 is 2.88 bits per heavy atom. The molecule has 0 saturated heterocycles. The number of aromatic nitrogens is 2. The summed E-state index contributed by atoms with van der Waals surface area (Å²) in [6, 6.07) is 10.7. The first-order chi connectivity index (χ1) is 15.6. The molecule has 6 heteroatoms. The molecule has 4 rings (SSSR count). The maximum atomic E-state index is 13.6. The van der Waals surface area contributed by atoms with Crippen molar-refractivity contribution in [1.82, 2.24) is 9.97 Å². The van der Waals surface area contributed by atoms with Crippen LogP contribution in [0.4, 0.5) is 10.2 Å². The number of halogens is 1. The maximum Gasteiger partial charge on any atom is 0.303 e. The monoisotopic (exact) mass is 435 g/mol. The van der Waals surface area contributed by atoms with Gasteiger partial charge < -0.3 is 10.4 Å². The number of hydrogen-bond donors (Lipinski definition) is 2. The minimum Gasteiger partial charge on any atom is -0.481 e. The Hall–Kier alpha value is -3.02. The third kappa shape index (κ3) is 5.81. The van der Waals surface area contributed by atoms with E-state index in [0.29, 0.717) is 5.39 Å². The molecule has 32 heavy (non-hydrogen) atoms. The molecule has 0 fully saturated rings. The number of carboxylic acid groups (broad SMARTS) is 1. The normalized spacial score (nSPS) is 14.0. The molecule has 168 valence electrons. The molecule has 0 bridgehead atoms. The largest absolute Gasteiger partial charge is 0.481 e. The van der Waals surface area contributed by atoms with E-state index >= 15 is 0 Å². The Kier molecular flexibility index (Phi) is 7.30. The molecule has 0 amide bonds. The highest BCUT2D eigenvalue weighted by Gasteiger charge is 2.17. The molecule has 1 atom stereocenters. The van der Waals surface area contributed by atoms with Gasteiger partial charge in [0.15, 0.2) is 0 Å². The van der Waals surface area contributed by atoms with Gasteiger partial charge in [0.1, 0.15) is 11.6 Å². The Bertz CT molecular complexity index is 1090. The van der Waals surface area contributed by atoms with Gasteiger partial charge in [-0.05, 0) is 79.5 Å². The average Bonchev–Trinajstić information content (AvgIpc) is 2.79. The van der Waals surface area contributed by atoms with Crippen molar-refractivity contribution in [3.05, 3.63) is 65.2 Å². The lowest BCUT2D eigenvalue weighted by molar-refractivity contribution is -0.137. The van der Waals surface area contributed by atoms with Crippen LogP contribution in [0.3, 0.4) is 0 Å². The third-order valence-corrected chi connectivity index (χ3v) is 6.24. The Morgan fingerprint density at radius 1 is 1.12 bits per heavy atom. The Morgan fingerprint density at radius 2 is 2.00 bits per heavy atom. The van der Waals surface area contributed by atoms with E-state index in [-0.39, 0.29) is 18.2 Å². The van der Waals surface area contributed by atoms with E-state index in [0.717, 1.165) is 74.1 Å². The van der Waals surface area contributed by atoms with E-state index < -0.39 is 5.97 Å². The van der Waals surface area contributed by atoms with Gasteiger partial charge in [-0.15, -0.1) is 0 Å². The second-order valence-corrected chi connectivity index (χ2v) is 8.69. The van der Waals surface area contributed by atoms with Gasteiger partial charge in [0.25, 0.3) is 0 Å². The van der Waals surface area contributed by atoms with E-state index in [1.165, 1.54) is 24.1 Å². The van der Waals surface area contributed by atoms with Gasteiger partial charge in [-0.3, -0.25) is 9.78 Å². The van der Waals surface area contributed by atoms with Crippen molar-refractivity contribution in [3.63, 3.8) is 0 Å². The number of nitrogens with one attached hydrogen (secondary N) is 1. The molecule has 3 aromatic rings. The number of aryl methyl sites for hydroxylation is 2. The summed E-state index contributed by atoms with van der Waals surface area (Å²) in [6.07, 6.45) is 10.0. The number of nitrogens with zero attached hydrogens (tertiary/aromatic N) is 2. The summed E-state index contributed by atoms with van der Waals surface area (Å²) in [5.74, 6) is -0.188. The van der Waals surface area contributed by atoms with Gasteiger partial charge >= 0.3 is 5.97 Å². The molecule has 0 radical (unpaired) electrons. The molecule has 2 N–H and O–H groups in total. The van der Waals surface area contributed by atoms with Crippen molar-refractivity contribution < 1.29 is 14.3 Å². The average molecular weight is 436 g/mol. The summed E-state index contributed by atoms with van der Waals surface area (Å²) in [6.45, 7) is 1.00. The number of unbranched alkanes of at least 4 members (excludes halogenated alkanes) is 3. The molecule has 0 aliphatic carbocycles. The maximum absolute atomic E-state index is 13.6. The zero-order valence-electron chi connectivity index (χ0n) is 18.3. The number of rotatable bonds is 10. The topological polar surface area (TPSA) is 75.1 Å². The van der Waals surface area contributed by atoms with Gasteiger partial charge in [-0.25, -0.2) is 9.37 Å². The number of fused-ring (bicyclic) bond motifs is 2. The van der Waals surface area contributed by atoms with Crippen LogP contribution in [0.1, 0.15) is 67.7 Å². The van der Waals surface area contributed by atoms with E-state index in [9.17, 15) is 14.3 Å². The fourth-order valence-corrected chi connectivity index (χ4v) is 4.50. The molecule has 1 aromatic carbocycles. The first kappa shape index (κ1) is 22.2. The van der Waals surface area contributed by atoms with Crippen LogP contribution >= 0.6 is 0 Å². The molecule has 3 heterocycles. The number of anilines is 1. The molecule has 0 spiro atoms. The first-order valence-electron chi connectivity index (χ1n) is 11.6. The van der Waals surface area contributed by atoms with Crippen molar-refractivity contribution in [2.45, 2.75) is 63.7 Å². The lowest BCUT2D eigenvalue weighted by Gasteiger charge is -2.17. The third-order valence-electron chi connectivity index (χ3n) is 6.24. The fourth-order valence-electron chi connectivity index (χ4n) is 4.50. The van der Waals surface area contributed by atoms with Crippen LogP contribution in [0.25, 0.3) is 10.9 Å². The number of carboxylic acids is 1. The second kappa shape index (κ2) is 10.5. The summed E-state index contributed by atoms with van der Waals surface area (Å²) < 4.78 is 13.6. The molecule has 1 aliphatic rings. The zero-order chi connectivity index (χ0) is 22.3. The highest BCUT2D eigenvalue weighted by Crippen LogP contribution is 2.28. The predicted molar refractivity (Wildman–Crippen MR) is 125 cm³/mol. The summed E-state index contributed by atoms with van der Waals surface area (Å²) in [5, 5.41) is 13.5. The summed E-state index contributed by atoms with van der Waals surface area (Å²) in [4.78, 5) is 20.6. The van der Waals surface area contributed by atoms with Crippen molar-refractivity contribution in [2.75, 3.05) is 11.9 Å². The van der Waals surface area contributed by atoms with E-state index in [4.69, 9.17) is 4.98 Å². The SMILES string of the molecule is O=C(O)C[C@H](CCCCCCc1ccc2c(n1)NCCC2)c1cnc2ccc(F)cc2c1. The van der Waals surface area contributed by atoms with Gasteiger partial charge in [0.05, 0.1) is 11.9 Å². The fraction of sp³-hybridized carbons (Fsp3) is 0.423. The first-order valence-corrected chi connectivity index (χ1v) is 11.6. The molecule has 1 aliphatic heterocycles. The molecule has 5 nitrogen and oxygen atoms in total. The smallest absolute Gasteiger partial charge is 0.303 e. The molecular formula is C26H30FN3O2. The lowest BCUT2D eigenvalue weighted by Crippen LogP contribution is -2.13. The van der Waals surface area contributed by atoms with Gasteiger partial charge in [0, 0.05) is 23.8 Å². The van der Waals surface area contributed by atoms with E-state index in [1.807, 2.05) is 6.07 Å². The standard InChI is InChI=1S/C26H30FN3O2/c27-22-10-12-24-20(15-22)14-21(17-29-24)19(16-25(31)32)6-3-1-2-4-8-23-11-9-18-7-5-13-28-26(18)30-23/h9-12,14-15,17,19H,1-8,13,16H2,(H,28,30)(H,31,32)/t19-/m0/s1. The number of benzene rings is 1. The molecule has 2 aromatic heterocycles. The van der Waals surface area contributed by atoms with Crippen LogP contribution < -0.4 is 5.32 Å². The number of pyridine rings is 2. The van der Waals surface area contributed by atoms with Gasteiger partial charge in [-0.1, -0.05) is 25.3 Å². The Balaban J connectivity index is 1.27. The predicted octanol–water partition coefficient (Wildman–Crippen LogP) is 5.88. The highest BCUT2D eigenvalue weighted by molar-refractivity contribution is 5.79. The summed E-state index contributed by atoms with van der Waals surface area (Å²) in [7, 11) is 0. The quantitative estimate of drug-likeness (QED) is 0.389. The van der Waals surface area contributed by atoms with E-state index in [2.05, 4.69) is 22.4 Å². The van der Waals surface area contributed by atoms with Crippen LogP contribution in [0, 0.1) is 5.82 Å². The zero-order valence-corrected chi connectivity index (χ0v) is 18.3. The minimum absolute atomic E-state index is 0.0640. The number of carbonyl (C=O) groups is 1. The van der Waals surface area contributed by atoms with Crippen molar-refractivity contribution in [3.8, 4) is 0 Å². The van der Waals surface area contributed by atoms with Crippen LogP contribution in [-0.4, -0.2) is 27.6 Å². The molecule has 0 saturated carbocycles. The van der Waals surface area contributed by atoms with Crippen molar-refractivity contribution in [2.24, 2.45) is 0 Å².